The molecule has 1 N–H and O–H groups in total. The van der Waals surface area contributed by atoms with E-state index in [0.717, 1.165) is 22.4 Å². The van der Waals surface area contributed by atoms with Gasteiger partial charge in [0, 0.05) is 6.20 Å². The Morgan fingerprint density at radius 2 is 2.00 bits per heavy atom. The number of rotatable bonds is 2. The average Bonchev–Trinajstić information content (AvgIpc) is 2.73. The first-order chi connectivity index (χ1) is 9.58. The van der Waals surface area contributed by atoms with Crippen LogP contribution in [0.5, 0.6) is 0 Å². The van der Waals surface area contributed by atoms with E-state index in [9.17, 15) is 0 Å². The second-order valence-corrected chi connectivity index (χ2v) is 5.75. The fourth-order valence-electron chi connectivity index (χ4n) is 2.50. The predicted octanol–water partition coefficient (Wildman–Crippen LogP) is 4.51. The van der Waals surface area contributed by atoms with Gasteiger partial charge in [0.15, 0.2) is 10.4 Å². The highest BCUT2D eigenvalue weighted by atomic mass is 32.1. The monoisotopic (exact) mass is 283 g/mol. The second-order valence-electron chi connectivity index (χ2n) is 5.36. The van der Waals surface area contributed by atoms with Gasteiger partial charge in [-0.15, -0.1) is 0 Å². The van der Waals surface area contributed by atoms with E-state index in [2.05, 4.69) is 48.1 Å². The van der Waals surface area contributed by atoms with E-state index in [-0.39, 0.29) is 0 Å². The Kier molecular flexibility index (Phi) is 3.18. The van der Waals surface area contributed by atoms with Gasteiger partial charge < -0.3 is 4.98 Å². The number of pyridine rings is 1. The van der Waals surface area contributed by atoms with Gasteiger partial charge in [-0.25, -0.2) is 4.98 Å². The van der Waals surface area contributed by atoms with Gasteiger partial charge >= 0.3 is 0 Å². The smallest absolute Gasteiger partial charge is 0.184 e. The van der Waals surface area contributed by atoms with Crippen molar-refractivity contribution in [3.8, 4) is 5.69 Å². The molecule has 0 atom stereocenters. The van der Waals surface area contributed by atoms with Crippen molar-refractivity contribution < 1.29 is 0 Å². The van der Waals surface area contributed by atoms with Crippen LogP contribution >= 0.6 is 12.2 Å². The molecule has 0 aliphatic rings. The molecule has 0 saturated carbocycles. The molecule has 0 saturated heterocycles. The van der Waals surface area contributed by atoms with Crippen molar-refractivity contribution in [1.82, 2.24) is 14.5 Å². The van der Waals surface area contributed by atoms with Crippen LogP contribution in [0.1, 0.15) is 30.9 Å². The molecular formula is C16H17N3S. The molecule has 0 fully saturated rings. The Hall–Kier alpha value is -1.94. The maximum absolute atomic E-state index is 5.49. The lowest BCUT2D eigenvalue weighted by Gasteiger charge is -2.13. The van der Waals surface area contributed by atoms with E-state index in [4.69, 9.17) is 12.2 Å². The van der Waals surface area contributed by atoms with Crippen molar-refractivity contribution in [1.29, 1.82) is 0 Å². The molecule has 0 aliphatic heterocycles. The summed E-state index contributed by atoms with van der Waals surface area (Å²) in [6.45, 7) is 6.41. The molecule has 2 aromatic heterocycles. The first-order valence-electron chi connectivity index (χ1n) is 6.74. The van der Waals surface area contributed by atoms with E-state index >= 15 is 0 Å². The minimum absolute atomic E-state index is 0.434. The molecule has 0 bridgehead atoms. The topological polar surface area (TPSA) is 33.6 Å². The number of nitrogens with one attached hydrogen (secondary N) is 1. The minimum Gasteiger partial charge on any atom is -0.329 e. The first kappa shape index (κ1) is 13.1. The summed E-state index contributed by atoms with van der Waals surface area (Å²) in [5.74, 6) is 0.434. The van der Waals surface area contributed by atoms with Gasteiger partial charge in [0.05, 0.1) is 11.2 Å². The van der Waals surface area contributed by atoms with Crippen molar-refractivity contribution in [2.75, 3.05) is 0 Å². The SMILES string of the molecule is Cc1cnc2c(c1)[nH]c(=S)n2-c1ccccc1C(C)C. The lowest BCUT2D eigenvalue weighted by molar-refractivity contribution is 0.846. The van der Waals surface area contributed by atoms with Crippen LogP contribution in [0.25, 0.3) is 16.9 Å². The van der Waals surface area contributed by atoms with Crippen molar-refractivity contribution in [3.05, 3.63) is 52.4 Å². The summed E-state index contributed by atoms with van der Waals surface area (Å²) in [6.07, 6.45) is 1.87. The van der Waals surface area contributed by atoms with E-state index < -0.39 is 0 Å². The maximum Gasteiger partial charge on any atom is 0.184 e. The van der Waals surface area contributed by atoms with Gasteiger partial charge in [-0.2, -0.15) is 0 Å². The molecule has 0 spiro atoms. The number of aryl methyl sites for hydroxylation is 1. The molecule has 3 aromatic rings. The number of benzene rings is 1. The van der Waals surface area contributed by atoms with E-state index in [1.54, 1.807) is 0 Å². The third-order valence-electron chi connectivity index (χ3n) is 3.46. The quantitative estimate of drug-likeness (QED) is 0.702. The Morgan fingerprint density at radius 3 is 2.75 bits per heavy atom. The molecule has 2 heterocycles. The highest BCUT2D eigenvalue weighted by Gasteiger charge is 2.13. The molecule has 3 rings (SSSR count). The van der Waals surface area contributed by atoms with Gasteiger partial charge in [-0.05, 0) is 48.3 Å². The Labute approximate surface area is 123 Å². The van der Waals surface area contributed by atoms with Gasteiger partial charge in [0.1, 0.15) is 0 Å². The zero-order valence-electron chi connectivity index (χ0n) is 11.8. The van der Waals surface area contributed by atoms with Crippen molar-refractivity contribution in [2.24, 2.45) is 0 Å². The van der Waals surface area contributed by atoms with Crippen LogP contribution in [0, 0.1) is 11.7 Å². The van der Waals surface area contributed by atoms with Crippen LogP contribution < -0.4 is 0 Å². The van der Waals surface area contributed by atoms with Crippen molar-refractivity contribution in [3.63, 3.8) is 0 Å². The summed E-state index contributed by atoms with van der Waals surface area (Å²) >= 11 is 5.49. The molecule has 20 heavy (non-hydrogen) atoms. The van der Waals surface area contributed by atoms with E-state index in [1.807, 2.05) is 23.8 Å². The van der Waals surface area contributed by atoms with Gasteiger partial charge in [-0.3, -0.25) is 4.57 Å². The fraction of sp³-hybridized carbons (Fsp3) is 0.250. The molecular weight excluding hydrogens is 266 g/mol. The molecule has 0 aliphatic carbocycles. The third-order valence-corrected chi connectivity index (χ3v) is 3.74. The predicted molar refractivity (Wildman–Crippen MR) is 85.1 cm³/mol. The minimum atomic E-state index is 0.434. The van der Waals surface area contributed by atoms with Crippen LogP contribution in [0.2, 0.25) is 0 Å². The number of nitrogens with zero attached hydrogens (tertiary/aromatic N) is 2. The zero-order chi connectivity index (χ0) is 14.3. The van der Waals surface area contributed by atoms with Gasteiger partial charge in [0.25, 0.3) is 0 Å². The molecule has 0 unspecified atom stereocenters. The van der Waals surface area contributed by atoms with Crippen molar-refractivity contribution >= 4 is 23.4 Å². The van der Waals surface area contributed by atoms with E-state index in [0.29, 0.717) is 10.7 Å². The van der Waals surface area contributed by atoms with Crippen molar-refractivity contribution in [2.45, 2.75) is 26.7 Å². The molecule has 0 amide bonds. The summed E-state index contributed by atoms with van der Waals surface area (Å²) in [6, 6.07) is 10.4. The van der Waals surface area contributed by atoms with Crippen LogP contribution in [0.3, 0.4) is 0 Å². The van der Waals surface area contributed by atoms with Crippen LogP contribution in [-0.2, 0) is 0 Å². The number of fused-ring (bicyclic) bond motifs is 1. The lowest BCUT2D eigenvalue weighted by Crippen LogP contribution is -2.02. The summed E-state index contributed by atoms with van der Waals surface area (Å²) in [4.78, 5) is 7.79. The molecule has 0 radical (unpaired) electrons. The fourth-order valence-corrected chi connectivity index (χ4v) is 2.80. The molecule has 102 valence electrons. The maximum atomic E-state index is 5.49. The standard InChI is InChI=1S/C16H17N3S/c1-10(2)12-6-4-5-7-14(12)19-15-13(18-16(19)20)8-11(3)9-17-15/h4-10H,1-3H3,(H,18,20). The normalized spacial score (nSPS) is 11.4. The summed E-state index contributed by atoms with van der Waals surface area (Å²) in [5.41, 5.74) is 5.36. The van der Waals surface area contributed by atoms with Crippen LogP contribution in [0.15, 0.2) is 36.5 Å². The second kappa shape index (κ2) is 4.87. The van der Waals surface area contributed by atoms with Gasteiger partial charge in [-0.1, -0.05) is 32.0 Å². The van der Waals surface area contributed by atoms with E-state index in [1.165, 1.54) is 5.56 Å². The number of H-pyrrole nitrogens is 1. The van der Waals surface area contributed by atoms with Crippen LogP contribution in [0.4, 0.5) is 0 Å². The third kappa shape index (κ3) is 2.06. The van der Waals surface area contributed by atoms with Gasteiger partial charge in [0.2, 0.25) is 0 Å². The molecule has 1 aromatic carbocycles. The lowest BCUT2D eigenvalue weighted by atomic mass is 10.0. The Bertz CT molecular complexity index is 827. The van der Waals surface area contributed by atoms with Crippen LogP contribution in [-0.4, -0.2) is 14.5 Å². The Balaban J connectivity index is 2.36. The average molecular weight is 283 g/mol. The molecule has 3 nitrogen and oxygen atoms in total. The number of hydrogen-bond donors (Lipinski definition) is 1. The Morgan fingerprint density at radius 1 is 1.25 bits per heavy atom. The summed E-state index contributed by atoms with van der Waals surface area (Å²) < 4.78 is 2.71. The number of hydrogen-bond acceptors (Lipinski definition) is 2. The summed E-state index contributed by atoms with van der Waals surface area (Å²) in [7, 11) is 0. The highest BCUT2D eigenvalue weighted by molar-refractivity contribution is 7.71. The zero-order valence-corrected chi connectivity index (χ0v) is 12.7. The first-order valence-corrected chi connectivity index (χ1v) is 7.15. The molecule has 4 heteroatoms. The largest absolute Gasteiger partial charge is 0.329 e. The number of aromatic amines is 1. The number of aromatic nitrogens is 3. The highest BCUT2D eigenvalue weighted by Crippen LogP contribution is 2.26. The summed E-state index contributed by atoms with van der Waals surface area (Å²) in [5, 5.41) is 0. The number of imidazole rings is 1. The number of para-hydroxylation sites is 1.